The van der Waals surface area contributed by atoms with Crippen LogP contribution in [0.15, 0.2) is 59.5 Å². The lowest BCUT2D eigenvalue weighted by molar-refractivity contribution is -0.112. The van der Waals surface area contributed by atoms with Crippen molar-refractivity contribution in [2.45, 2.75) is 25.2 Å². The Kier molecular flexibility index (Phi) is 8.89. The normalized spacial score (nSPS) is 14.9. The van der Waals surface area contributed by atoms with Gasteiger partial charge in [0.05, 0.1) is 24.9 Å². The number of ether oxygens (including phenoxy) is 1. The molecule has 0 bridgehead atoms. The van der Waals surface area contributed by atoms with Gasteiger partial charge in [-0.25, -0.2) is 23.7 Å². The van der Waals surface area contributed by atoms with Crippen molar-refractivity contribution in [1.82, 2.24) is 19.9 Å². The van der Waals surface area contributed by atoms with Crippen LogP contribution >= 0.6 is 15.9 Å². The zero-order valence-electron chi connectivity index (χ0n) is 19.6. The van der Waals surface area contributed by atoms with E-state index in [1.165, 1.54) is 12.5 Å². The van der Waals surface area contributed by atoms with E-state index < -0.39 is 11.8 Å². The molecule has 2 aromatic heterocycles. The molecular formula is C25H27BrF2N6O2. The predicted molar refractivity (Wildman–Crippen MR) is 139 cm³/mol. The van der Waals surface area contributed by atoms with E-state index in [1.807, 2.05) is 24.3 Å². The van der Waals surface area contributed by atoms with Crippen LogP contribution in [0.25, 0.3) is 10.9 Å². The largest absolute Gasteiger partial charge is 0.379 e. The number of hydrogen-bond acceptors (Lipinski definition) is 7. The average molecular weight is 561 g/mol. The van der Waals surface area contributed by atoms with Crippen molar-refractivity contribution in [3.8, 4) is 0 Å². The molecule has 1 aliphatic heterocycles. The molecule has 1 aromatic carbocycles. The fraction of sp³-hybridized carbons (Fsp3) is 0.360. The van der Waals surface area contributed by atoms with Crippen molar-refractivity contribution < 1.29 is 18.3 Å². The number of anilines is 3. The summed E-state index contributed by atoms with van der Waals surface area (Å²) in [4.78, 5) is 27.2. The molecule has 4 rings (SSSR count). The summed E-state index contributed by atoms with van der Waals surface area (Å²) in [6.45, 7) is 3.84. The number of aromatic nitrogens is 3. The highest BCUT2D eigenvalue weighted by Gasteiger charge is 2.25. The highest BCUT2D eigenvalue weighted by molar-refractivity contribution is 9.10. The first-order valence-corrected chi connectivity index (χ1v) is 12.5. The van der Waals surface area contributed by atoms with Crippen LogP contribution in [0.1, 0.15) is 19.3 Å². The molecular weight excluding hydrogens is 534 g/mol. The number of nitrogens with zero attached hydrogens (tertiary/aromatic N) is 4. The molecule has 0 spiro atoms. The summed E-state index contributed by atoms with van der Waals surface area (Å²) < 4.78 is 34.7. The number of nitrogens with one attached hydrogen (secondary N) is 2. The Labute approximate surface area is 216 Å². The number of halogens is 3. The first-order valence-electron chi connectivity index (χ1n) is 11.7. The zero-order chi connectivity index (χ0) is 25.4. The second-order valence-electron chi connectivity index (χ2n) is 8.44. The Morgan fingerprint density at radius 3 is 2.81 bits per heavy atom. The summed E-state index contributed by atoms with van der Waals surface area (Å²) in [7, 11) is 0. The summed E-state index contributed by atoms with van der Waals surface area (Å²) in [5, 5.41) is 6.37. The minimum atomic E-state index is -3.06. The number of carbonyl (C=O) groups is 1. The number of carbonyl (C=O) groups excluding carboxylic acids is 1. The van der Waals surface area contributed by atoms with Crippen LogP contribution < -0.4 is 10.6 Å². The van der Waals surface area contributed by atoms with Crippen LogP contribution in [0.5, 0.6) is 0 Å². The van der Waals surface area contributed by atoms with E-state index in [4.69, 9.17) is 4.74 Å². The number of pyridine rings is 1. The van der Waals surface area contributed by atoms with Crippen LogP contribution in [-0.2, 0) is 9.53 Å². The third-order valence-electron chi connectivity index (χ3n) is 5.68. The summed E-state index contributed by atoms with van der Waals surface area (Å²) >= 11 is 3.43. The van der Waals surface area contributed by atoms with Gasteiger partial charge in [0.2, 0.25) is 5.91 Å². The summed E-state index contributed by atoms with van der Waals surface area (Å²) in [5.74, 6) is -3.02. The van der Waals surface area contributed by atoms with Gasteiger partial charge in [0.15, 0.2) is 0 Å². The monoisotopic (exact) mass is 560 g/mol. The Morgan fingerprint density at radius 1 is 1.17 bits per heavy atom. The molecule has 3 heterocycles. The highest BCUT2D eigenvalue weighted by Crippen LogP contribution is 2.26. The molecule has 0 atom stereocenters. The molecule has 1 fully saturated rings. The van der Waals surface area contributed by atoms with E-state index in [0.717, 1.165) is 35.9 Å². The molecule has 8 nitrogen and oxygen atoms in total. The Morgan fingerprint density at radius 2 is 2.00 bits per heavy atom. The number of fused-ring (bicyclic) bond motifs is 1. The van der Waals surface area contributed by atoms with Gasteiger partial charge in [0.1, 0.15) is 18.0 Å². The first-order chi connectivity index (χ1) is 17.4. The minimum Gasteiger partial charge on any atom is -0.379 e. The summed E-state index contributed by atoms with van der Waals surface area (Å²) in [6, 6.07) is 9.17. The molecule has 0 saturated carbocycles. The van der Waals surface area contributed by atoms with Gasteiger partial charge in [-0.05, 0) is 49.7 Å². The second kappa shape index (κ2) is 12.3. The third-order valence-corrected chi connectivity index (χ3v) is 6.17. The van der Waals surface area contributed by atoms with Crippen molar-refractivity contribution in [3.63, 3.8) is 0 Å². The Balaban J connectivity index is 1.33. The standard InChI is InChI=1S/C25H27BrF2N6O2/c26-18-4-3-5-19(14-18)32-24-20-15-22(29-16-21(20)30-17-31-24)33-23(35)6-8-25(27,28)7-1-2-9-34-10-12-36-13-11-34/h3-6,8,14-17H,1-2,7,9-13H2,(H,29,33,35)(H,30,31,32)/b8-6+. The number of hydrogen-bond donors (Lipinski definition) is 2. The number of allylic oxidation sites excluding steroid dienone is 1. The maximum Gasteiger partial charge on any atom is 0.266 e. The van der Waals surface area contributed by atoms with E-state index in [-0.39, 0.29) is 12.2 Å². The number of alkyl halides is 2. The maximum absolute atomic E-state index is 14.2. The maximum atomic E-state index is 14.2. The topological polar surface area (TPSA) is 92.3 Å². The minimum absolute atomic E-state index is 0.207. The molecule has 3 aromatic rings. The van der Waals surface area contributed by atoms with Crippen LogP contribution in [0.3, 0.4) is 0 Å². The van der Waals surface area contributed by atoms with Crippen LogP contribution in [-0.4, -0.2) is 64.5 Å². The van der Waals surface area contributed by atoms with Crippen molar-refractivity contribution in [1.29, 1.82) is 0 Å². The smallest absolute Gasteiger partial charge is 0.266 e. The van der Waals surface area contributed by atoms with Gasteiger partial charge in [-0.1, -0.05) is 22.0 Å². The zero-order valence-corrected chi connectivity index (χ0v) is 21.2. The molecule has 36 heavy (non-hydrogen) atoms. The molecule has 1 amide bonds. The van der Waals surface area contributed by atoms with Crippen molar-refractivity contribution in [3.05, 3.63) is 59.5 Å². The highest BCUT2D eigenvalue weighted by atomic mass is 79.9. The van der Waals surface area contributed by atoms with Gasteiger partial charge in [-0.3, -0.25) is 9.69 Å². The van der Waals surface area contributed by atoms with E-state index in [2.05, 4.69) is 46.4 Å². The van der Waals surface area contributed by atoms with Gasteiger partial charge in [0, 0.05) is 41.1 Å². The molecule has 0 radical (unpaired) electrons. The Bertz CT molecular complexity index is 1220. The first kappa shape index (κ1) is 26.1. The van der Waals surface area contributed by atoms with E-state index in [9.17, 15) is 13.6 Å². The summed E-state index contributed by atoms with van der Waals surface area (Å²) in [5.41, 5.74) is 1.38. The van der Waals surface area contributed by atoms with Crippen molar-refractivity contribution in [2.24, 2.45) is 0 Å². The van der Waals surface area contributed by atoms with Crippen LogP contribution in [0, 0.1) is 0 Å². The third kappa shape index (κ3) is 7.74. The molecule has 11 heteroatoms. The number of morpholine rings is 1. The fourth-order valence-corrected chi connectivity index (χ4v) is 4.20. The lowest BCUT2D eigenvalue weighted by atomic mass is 10.1. The van der Waals surface area contributed by atoms with Gasteiger partial charge < -0.3 is 15.4 Å². The van der Waals surface area contributed by atoms with Crippen molar-refractivity contribution in [2.75, 3.05) is 43.5 Å². The molecule has 1 saturated heterocycles. The van der Waals surface area contributed by atoms with Gasteiger partial charge in [0.25, 0.3) is 5.92 Å². The number of benzene rings is 1. The molecule has 0 unspecified atom stereocenters. The molecule has 2 N–H and O–H groups in total. The lowest BCUT2D eigenvalue weighted by Gasteiger charge is -2.26. The Hall–Kier alpha value is -3.02. The molecule has 190 valence electrons. The van der Waals surface area contributed by atoms with Gasteiger partial charge >= 0.3 is 0 Å². The number of rotatable bonds is 10. The van der Waals surface area contributed by atoms with Gasteiger partial charge in [-0.2, -0.15) is 0 Å². The second-order valence-corrected chi connectivity index (χ2v) is 9.35. The average Bonchev–Trinajstić information content (AvgIpc) is 2.87. The number of unbranched alkanes of at least 4 members (excludes halogenated alkanes) is 1. The van der Waals surface area contributed by atoms with Crippen molar-refractivity contribution >= 4 is 50.1 Å². The van der Waals surface area contributed by atoms with E-state index in [1.54, 1.807) is 6.07 Å². The SMILES string of the molecule is O=C(/C=C/C(F)(F)CCCCN1CCOCC1)Nc1cc2c(Nc3cccc(Br)c3)ncnc2cn1. The van der Waals surface area contributed by atoms with E-state index >= 15 is 0 Å². The van der Waals surface area contributed by atoms with Crippen LogP contribution in [0.2, 0.25) is 0 Å². The van der Waals surface area contributed by atoms with Gasteiger partial charge in [-0.15, -0.1) is 0 Å². The van der Waals surface area contributed by atoms with Crippen LogP contribution in [0.4, 0.5) is 26.1 Å². The lowest BCUT2D eigenvalue weighted by Crippen LogP contribution is -2.36. The summed E-state index contributed by atoms with van der Waals surface area (Å²) in [6.07, 6.45) is 5.15. The predicted octanol–water partition coefficient (Wildman–Crippen LogP) is 5.16. The quantitative estimate of drug-likeness (QED) is 0.261. The fourth-order valence-electron chi connectivity index (χ4n) is 3.80. The molecule has 0 aliphatic carbocycles. The van der Waals surface area contributed by atoms with E-state index in [0.29, 0.717) is 48.9 Å². The number of amides is 1. The molecule has 1 aliphatic rings.